The molecule has 1 amide bonds. The highest BCUT2D eigenvalue weighted by molar-refractivity contribution is 6.31. The number of nitrogens with zero attached hydrogens (tertiary/aromatic N) is 1. The highest BCUT2D eigenvalue weighted by Crippen LogP contribution is 2.36. The molecule has 0 saturated carbocycles. The van der Waals surface area contributed by atoms with Crippen molar-refractivity contribution in [1.29, 1.82) is 0 Å². The molecular formula is C23H23ClN2O2. The van der Waals surface area contributed by atoms with Crippen molar-refractivity contribution < 1.29 is 9.53 Å². The van der Waals surface area contributed by atoms with Gasteiger partial charge in [-0.3, -0.25) is 4.79 Å². The predicted octanol–water partition coefficient (Wildman–Crippen LogP) is 4.74. The van der Waals surface area contributed by atoms with Crippen LogP contribution in [-0.4, -0.2) is 37.1 Å². The van der Waals surface area contributed by atoms with E-state index in [0.717, 1.165) is 42.8 Å². The molecule has 1 aliphatic carbocycles. The zero-order valence-electron chi connectivity index (χ0n) is 15.7. The van der Waals surface area contributed by atoms with Crippen LogP contribution in [0.5, 0.6) is 0 Å². The average molecular weight is 395 g/mol. The summed E-state index contributed by atoms with van der Waals surface area (Å²) in [6.07, 6.45) is 3.79. The monoisotopic (exact) mass is 394 g/mol. The van der Waals surface area contributed by atoms with Crippen molar-refractivity contribution >= 4 is 29.3 Å². The van der Waals surface area contributed by atoms with Crippen LogP contribution in [0.3, 0.4) is 0 Å². The van der Waals surface area contributed by atoms with E-state index in [0.29, 0.717) is 23.9 Å². The molecule has 4 nitrogen and oxygen atoms in total. The van der Waals surface area contributed by atoms with Gasteiger partial charge in [0.2, 0.25) is 0 Å². The first-order chi connectivity index (χ1) is 13.7. The standard InChI is InChI=1S/C23H23ClN2O2/c24-19-7-4-8-20(16-19)25-23(27)21-10-9-18(15-17-5-2-1-3-6-17)22(21)26-11-13-28-14-12-26/h1-8,15-16H,9-14H2,(H,25,27). The summed E-state index contributed by atoms with van der Waals surface area (Å²) in [7, 11) is 0. The van der Waals surface area contributed by atoms with E-state index < -0.39 is 0 Å². The van der Waals surface area contributed by atoms with Gasteiger partial charge in [0, 0.05) is 35.1 Å². The minimum absolute atomic E-state index is 0.0554. The van der Waals surface area contributed by atoms with Crippen LogP contribution in [0, 0.1) is 0 Å². The van der Waals surface area contributed by atoms with Crippen molar-refractivity contribution in [2.24, 2.45) is 0 Å². The Labute approximate surface area is 170 Å². The molecule has 0 spiro atoms. The molecule has 4 rings (SSSR count). The Hall–Kier alpha value is -2.56. The molecule has 0 atom stereocenters. The first-order valence-electron chi connectivity index (χ1n) is 9.59. The van der Waals surface area contributed by atoms with Gasteiger partial charge in [0.05, 0.1) is 13.2 Å². The summed E-state index contributed by atoms with van der Waals surface area (Å²) < 4.78 is 5.52. The molecule has 1 fully saturated rings. The number of anilines is 1. The van der Waals surface area contributed by atoms with E-state index in [9.17, 15) is 4.79 Å². The second kappa shape index (κ2) is 8.63. The first-order valence-corrected chi connectivity index (χ1v) is 9.97. The molecule has 144 valence electrons. The van der Waals surface area contributed by atoms with Crippen molar-refractivity contribution in [3.05, 3.63) is 82.0 Å². The molecule has 1 N–H and O–H groups in total. The molecule has 5 heteroatoms. The molecule has 1 saturated heterocycles. The fraction of sp³-hybridized carbons (Fsp3) is 0.261. The third kappa shape index (κ3) is 4.29. The summed E-state index contributed by atoms with van der Waals surface area (Å²) >= 11 is 6.06. The summed E-state index contributed by atoms with van der Waals surface area (Å²) in [5.41, 5.74) is 4.98. The van der Waals surface area contributed by atoms with Crippen LogP contribution in [0.25, 0.3) is 6.08 Å². The number of rotatable bonds is 4. The topological polar surface area (TPSA) is 41.6 Å². The molecule has 0 radical (unpaired) electrons. The van der Waals surface area contributed by atoms with Crippen molar-refractivity contribution in [3.8, 4) is 0 Å². The fourth-order valence-electron chi connectivity index (χ4n) is 3.76. The van der Waals surface area contributed by atoms with E-state index in [4.69, 9.17) is 16.3 Å². The molecule has 2 aromatic carbocycles. The number of benzene rings is 2. The maximum Gasteiger partial charge on any atom is 0.253 e. The van der Waals surface area contributed by atoms with Gasteiger partial charge < -0.3 is 15.0 Å². The van der Waals surface area contributed by atoms with Gasteiger partial charge in [0.1, 0.15) is 0 Å². The Kier molecular flexibility index (Phi) is 5.79. The molecule has 0 unspecified atom stereocenters. The first kappa shape index (κ1) is 18.8. The number of hydrogen-bond donors (Lipinski definition) is 1. The van der Waals surface area contributed by atoms with E-state index in [1.165, 1.54) is 5.57 Å². The van der Waals surface area contributed by atoms with Gasteiger partial charge in [-0.05, 0) is 48.3 Å². The van der Waals surface area contributed by atoms with E-state index >= 15 is 0 Å². The van der Waals surface area contributed by atoms with Crippen LogP contribution in [-0.2, 0) is 9.53 Å². The summed E-state index contributed by atoms with van der Waals surface area (Å²) in [4.78, 5) is 15.4. The highest BCUT2D eigenvalue weighted by Gasteiger charge is 2.29. The lowest BCUT2D eigenvalue weighted by molar-refractivity contribution is -0.113. The summed E-state index contributed by atoms with van der Waals surface area (Å²) in [5, 5.41) is 3.62. The highest BCUT2D eigenvalue weighted by atomic mass is 35.5. The second-order valence-corrected chi connectivity index (χ2v) is 7.41. The van der Waals surface area contributed by atoms with Crippen molar-refractivity contribution in [2.75, 3.05) is 31.6 Å². The number of carbonyl (C=O) groups is 1. The molecular weight excluding hydrogens is 372 g/mol. The Morgan fingerprint density at radius 2 is 1.82 bits per heavy atom. The lowest BCUT2D eigenvalue weighted by atomic mass is 10.1. The summed E-state index contributed by atoms with van der Waals surface area (Å²) in [5.74, 6) is -0.0554. The normalized spacial score (nSPS) is 18.6. The number of amides is 1. The van der Waals surface area contributed by atoms with Gasteiger partial charge in [-0.2, -0.15) is 0 Å². The molecule has 28 heavy (non-hydrogen) atoms. The maximum absolute atomic E-state index is 13.1. The largest absolute Gasteiger partial charge is 0.378 e. The van der Waals surface area contributed by atoms with Crippen molar-refractivity contribution in [3.63, 3.8) is 0 Å². The molecule has 2 aliphatic rings. The van der Waals surface area contributed by atoms with Crippen LogP contribution in [0.15, 0.2) is 71.4 Å². The van der Waals surface area contributed by atoms with Gasteiger partial charge in [-0.1, -0.05) is 48.0 Å². The zero-order valence-corrected chi connectivity index (χ0v) is 16.4. The van der Waals surface area contributed by atoms with Crippen LogP contribution in [0.1, 0.15) is 18.4 Å². The smallest absolute Gasteiger partial charge is 0.253 e. The molecule has 0 aromatic heterocycles. The van der Waals surface area contributed by atoms with E-state index in [1.54, 1.807) is 12.1 Å². The Morgan fingerprint density at radius 3 is 2.57 bits per heavy atom. The van der Waals surface area contributed by atoms with Gasteiger partial charge in [-0.15, -0.1) is 0 Å². The third-order valence-corrected chi connectivity index (χ3v) is 5.29. The second-order valence-electron chi connectivity index (χ2n) is 6.97. The maximum atomic E-state index is 13.1. The number of nitrogens with one attached hydrogen (secondary N) is 1. The quantitative estimate of drug-likeness (QED) is 0.814. The number of ether oxygens (including phenoxy) is 1. The number of hydrogen-bond acceptors (Lipinski definition) is 3. The zero-order chi connectivity index (χ0) is 19.3. The lowest BCUT2D eigenvalue weighted by Crippen LogP contribution is -2.36. The Balaban J connectivity index is 1.67. The summed E-state index contributed by atoms with van der Waals surface area (Å²) in [6, 6.07) is 17.5. The van der Waals surface area contributed by atoms with Gasteiger partial charge in [0.25, 0.3) is 5.91 Å². The predicted molar refractivity (Wildman–Crippen MR) is 113 cm³/mol. The van der Waals surface area contributed by atoms with Crippen LogP contribution in [0.2, 0.25) is 5.02 Å². The third-order valence-electron chi connectivity index (χ3n) is 5.06. The van der Waals surface area contributed by atoms with Crippen LogP contribution >= 0.6 is 11.6 Å². The van der Waals surface area contributed by atoms with Gasteiger partial charge in [0.15, 0.2) is 0 Å². The summed E-state index contributed by atoms with van der Waals surface area (Å²) in [6.45, 7) is 2.97. The number of carbonyl (C=O) groups excluding carboxylic acids is 1. The average Bonchev–Trinajstić information content (AvgIpc) is 3.13. The molecule has 1 aliphatic heterocycles. The van der Waals surface area contributed by atoms with Crippen LogP contribution in [0.4, 0.5) is 5.69 Å². The van der Waals surface area contributed by atoms with E-state index in [1.807, 2.05) is 30.3 Å². The lowest BCUT2D eigenvalue weighted by Gasteiger charge is -2.31. The molecule has 0 bridgehead atoms. The Morgan fingerprint density at radius 1 is 1.04 bits per heavy atom. The fourth-order valence-corrected chi connectivity index (χ4v) is 3.95. The van der Waals surface area contributed by atoms with Gasteiger partial charge >= 0.3 is 0 Å². The van der Waals surface area contributed by atoms with E-state index in [-0.39, 0.29) is 5.91 Å². The minimum Gasteiger partial charge on any atom is -0.378 e. The van der Waals surface area contributed by atoms with Crippen molar-refractivity contribution in [2.45, 2.75) is 12.8 Å². The van der Waals surface area contributed by atoms with Crippen LogP contribution < -0.4 is 5.32 Å². The number of halogens is 1. The minimum atomic E-state index is -0.0554. The number of morpholine rings is 1. The Bertz CT molecular complexity index is 915. The van der Waals surface area contributed by atoms with Gasteiger partial charge in [-0.25, -0.2) is 0 Å². The molecule has 2 aromatic rings. The SMILES string of the molecule is O=C(Nc1cccc(Cl)c1)C1=C(N2CCOCC2)C(=Cc2ccccc2)CC1. The van der Waals surface area contributed by atoms with Crippen molar-refractivity contribution in [1.82, 2.24) is 4.90 Å². The van der Waals surface area contributed by atoms with E-state index in [2.05, 4.69) is 28.4 Å². The number of allylic oxidation sites excluding steroid dienone is 1. The molecule has 1 heterocycles.